The summed E-state index contributed by atoms with van der Waals surface area (Å²) in [5.74, 6) is 0.102. The van der Waals surface area contributed by atoms with Crippen LogP contribution in [0.5, 0.6) is 0 Å². The molecule has 2 rings (SSSR count). The monoisotopic (exact) mass is 322 g/mol. The van der Waals surface area contributed by atoms with E-state index in [-0.39, 0.29) is 25.2 Å². The third-order valence-electron chi connectivity index (χ3n) is 3.81. The zero-order valence-electron chi connectivity index (χ0n) is 13.4. The Morgan fingerprint density at radius 2 is 2.30 bits per heavy atom. The van der Waals surface area contributed by atoms with Gasteiger partial charge in [-0.05, 0) is 25.8 Å². The third-order valence-corrected chi connectivity index (χ3v) is 3.81. The predicted molar refractivity (Wildman–Crippen MR) is 82.8 cm³/mol. The molecule has 0 saturated carbocycles. The zero-order chi connectivity index (χ0) is 16.7. The quantitative estimate of drug-likeness (QED) is 0.821. The molecule has 1 aliphatic rings. The first-order chi connectivity index (χ1) is 11.1. The summed E-state index contributed by atoms with van der Waals surface area (Å²) in [4.78, 5) is 34.1. The number of ether oxygens (including phenoxy) is 2. The average molecular weight is 322 g/mol. The Kier molecular flexibility index (Phi) is 5.86. The molecule has 8 nitrogen and oxygen atoms in total. The normalized spacial score (nSPS) is 20.9. The second-order valence-electron chi connectivity index (χ2n) is 5.48. The lowest BCUT2D eigenvalue weighted by atomic mass is 9.80. The molecule has 0 radical (unpaired) electrons. The van der Waals surface area contributed by atoms with Crippen LogP contribution in [0, 0.1) is 5.41 Å². The molecule has 2 amide bonds. The Hall–Kier alpha value is -2.22. The molecule has 23 heavy (non-hydrogen) atoms. The van der Waals surface area contributed by atoms with Gasteiger partial charge in [0.25, 0.3) is 0 Å². The van der Waals surface area contributed by atoms with Crippen LogP contribution in [0.2, 0.25) is 0 Å². The minimum atomic E-state index is -0.813. The van der Waals surface area contributed by atoms with Crippen molar-refractivity contribution in [3.8, 4) is 0 Å². The number of methoxy groups -OCH3 is 1. The Morgan fingerprint density at radius 1 is 1.48 bits per heavy atom. The van der Waals surface area contributed by atoms with Crippen molar-refractivity contribution < 1.29 is 19.1 Å². The second kappa shape index (κ2) is 7.87. The number of anilines is 1. The van der Waals surface area contributed by atoms with Crippen LogP contribution in [0.1, 0.15) is 19.8 Å². The molecule has 0 aliphatic carbocycles. The number of nitrogens with one attached hydrogen (secondary N) is 1. The summed E-state index contributed by atoms with van der Waals surface area (Å²) in [7, 11) is 1.54. The van der Waals surface area contributed by atoms with Crippen LogP contribution in [0.25, 0.3) is 0 Å². The Bertz CT molecular complexity index is 536. The number of carbonyl (C=O) groups is 2. The van der Waals surface area contributed by atoms with Gasteiger partial charge in [-0.1, -0.05) is 0 Å². The van der Waals surface area contributed by atoms with Crippen molar-refractivity contribution in [1.82, 2.24) is 14.9 Å². The lowest BCUT2D eigenvalue weighted by Gasteiger charge is -2.40. The van der Waals surface area contributed by atoms with Crippen LogP contribution < -0.4 is 5.32 Å². The lowest BCUT2D eigenvalue weighted by molar-refractivity contribution is -0.162. The van der Waals surface area contributed by atoms with Crippen molar-refractivity contribution in [2.75, 3.05) is 38.7 Å². The van der Waals surface area contributed by atoms with Crippen LogP contribution in [-0.2, 0) is 14.3 Å². The molecule has 0 unspecified atom stereocenters. The van der Waals surface area contributed by atoms with Crippen LogP contribution >= 0.6 is 0 Å². The number of carbonyl (C=O) groups excluding carboxylic acids is 2. The summed E-state index contributed by atoms with van der Waals surface area (Å²) in [5.41, 5.74) is -0.813. The Morgan fingerprint density at radius 3 is 2.96 bits per heavy atom. The van der Waals surface area contributed by atoms with Crippen molar-refractivity contribution >= 4 is 17.8 Å². The molecule has 126 valence electrons. The highest BCUT2D eigenvalue weighted by molar-refractivity contribution is 5.89. The predicted octanol–water partition coefficient (Wildman–Crippen LogP) is 1.30. The van der Waals surface area contributed by atoms with Crippen LogP contribution in [-0.4, -0.2) is 60.3 Å². The molecular weight excluding hydrogens is 300 g/mol. The molecule has 8 heteroatoms. The maximum Gasteiger partial charge on any atom is 0.323 e. The molecule has 1 fully saturated rings. The van der Waals surface area contributed by atoms with Crippen molar-refractivity contribution in [2.24, 2.45) is 5.41 Å². The van der Waals surface area contributed by atoms with E-state index in [1.807, 2.05) is 0 Å². The van der Waals surface area contributed by atoms with Crippen molar-refractivity contribution in [1.29, 1.82) is 0 Å². The van der Waals surface area contributed by atoms with Gasteiger partial charge in [-0.25, -0.2) is 14.8 Å². The van der Waals surface area contributed by atoms with Gasteiger partial charge in [-0.2, -0.15) is 0 Å². The fourth-order valence-corrected chi connectivity index (χ4v) is 2.76. The Labute approximate surface area is 135 Å². The smallest absolute Gasteiger partial charge is 0.323 e. The van der Waals surface area contributed by atoms with Gasteiger partial charge in [0.2, 0.25) is 0 Å². The highest BCUT2D eigenvalue weighted by Crippen LogP contribution is 2.32. The fourth-order valence-electron chi connectivity index (χ4n) is 2.76. The number of hydrogen-bond donors (Lipinski definition) is 1. The van der Waals surface area contributed by atoms with Gasteiger partial charge >= 0.3 is 12.0 Å². The van der Waals surface area contributed by atoms with Crippen LogP contribution in [0.15, 0.2) is 18.6 Å². The highest BCUT2D eigenvalue weighted by atomic mass is 16.5. The molecule has 1 saturated heterocycles. The minimum absolute atomic E-state index is 0.225. The van der Waals surface area contributed by atoms with Gasteiger partial charge in [-0.15, -0.1) is 0 Å². The largest absolute Gasteiger partial charge is 0.465 e. The number of aromatic nitrogens is 2. The zero-order valence-corrected chi connectivity index (χ0v) is 13.4. The number of esters is 1. The van der Waals surface area contributed by atoms with Crippen LogP contribution in [0.4, 0.5) is 10.6 Å². The van der Waals surface area contributed by atoms with Crippen molar-refractivity contribution in [3.05, 3.63) is 18.6 Å². The van der Waals surface area contributed by atoms with E-state index in [9.17, 15) is 9.59 Å². The van der Waals surface area contributed by atoms with E-state index in [4.69, 9.17) is 9.47 Å². The maximum absolute atomic E-state index is 12.4. The van der Waals surface area contributed by atoms with Gasteiger partial charge in [0.05, 0.1) is 13.2 Å². The van der Waals surface area contributed by atoms with Crippen molar-refractivity contribution in [3.63, 3.8) is 0 Å². The molecule has 0 spiro atoms. The lowest BCUT2D eigenvalue weighted by Crippen LogP contribution is -2.53. The van der Waals surface area contributed by atoms with E-state index in [0.29, 0.717) is 31.8 Å². The molecule has 2 heterocycles. The molecule has 1 aromatic rings. The first-order valence-corrected chi connectivity index (χ1v) is 7.59. The van der Waals surface area contributed by atoms with E-state index in [0.717, 1.165) is 0 Å². The summed E-state index contributed by atoms with van der Waals surface area (Å²) in [6, 6.07) is 1.31. The van der Waals surface area contributed by atoms with Crippen molar-refractivity contribution in [2.45, 2.75) is 19.8 Å². The molecule has 1 atom stereocenters. The van der Waals surface area contributed by atoms with Gasteiger partial charge in [0.15, 0.2) is 0 Å². The first-order valence-electron chi connectivity index (χ1n) is 7.59. The molecule has 0 bridgehead atoms. The average Bonchev–Trinajstić information content (AvgIpc) is 2.56. The topological polar surface area (TPSA) is 93.7 Å². The summed E-state index contributed by atoms with van der Waals surface area (Å²) in [5, 5.41) is 2.71. The summed E-state index contributed by atoms with van der Waals surface area (Å²) in [6.45, 7) is 3.12. The number of nitrogens with zero attached hydrogens (tertiary/aromatic N) is 3. The van der Waals surface area contributed by atoms with E-state index in [1.165, 1.54) is 6.33 Å². The Balaban J connectivity index is 2.08. The summed E-state index contributed by atoms with van der Waals surface area (Å²) >= 11 is 0. The number of rotatable bonds is 5. The van der Waals surface area contributed by atoms with E-state index in [2.05, 4.69) is 15.3 Å². The van der Waals surface area contributed by atoms with E-state index < -0.39 is 5.41 Å². The SMILES string of the molecule is CCOC(=O)[C@]1(COC)CCCN(C(=O)Nc2ccncn2)C1. The standard InChI is InChI=1S/C15H22N4O4/c1-3-23-13(20)15(10-22-2)6-4-8-19(9-15)14(21)18-12-5-7-16-11-17-12/h5,7,11H,3-4,6,8-10H2,1-2H3,(H,16,17,18,21)/t15-/m1/s1. The third kappa shape index (κ3) is 4.16. The van der Waals surface area contributed by atoms with E-state index in [1.54, 1.807) is 31.2 Å². The number of amides is 2. The fraction of sp³-hybridized carbons (Fsp3) is 0.600. The maximum atomic E-state index is 12.4. The van der Waals surface area contributed by atoms with E-state index >= 15 is 0 Å². The summed E-state index contributed by atoms with van der Waals surface area (Å²) < 4.78 is 10.4. The second-order valence-corrected chi connectivity index (χ2v) is 5.48. The summed E-state index contributed by atoms with van der Waals surface area (Å²) in [6.07, 6.45) is 4.25. The first kappa shape index (κ1) is 17.1. The van der Waals surface area contributed by atoms with Gasteiger partial charge in [0.1, 0.15) is 17.6 Å². The molecule has 0 aromatic carbocycles. The number of piperidine rings is 1. The molecular formula is C15H22N4O4. The molecule has 1 aromatic heterocycles. The van der Waals surface area contributed by atoms with Gasteiger partial charge in [-0.3, -0.25) is 10.1 Å². The van der Waals surface area contributed by atoms with Gasteiger partial charge < -0.3 is 14.4 Å². The van der Waals surface area contributed by atoms with Crippen LogP contribution in [0.3, 0.4) is 0 Å². The number of hydrogen-bond acceptors (Lipinski definition) is 6. The molecule has 1 N–H and O–H groups in total. The number of urea groups is 1. The number of likely N-dealkylation sites (tertiary alicyclic amines) is 1. The minimum Gasteiger partial charge on any atom is -0.465 e. The van der Waals surface area contributed by atoms with Gasteiger partial charge in [0, 0.05) is 26.4 Å². The molecule has 1 aliphatic heterocycles. The highest BCUT2D eigenvalue weighted by Gasteiger charge is 2.45.